The molecule has 1 aliphatic heterocycles. The lowest BCUT2D eigenvalue weighted by atomic mass is 9.85. The predicted molar refractivity (Wildman–Crippen MR) is 66.5 cm³/mol. The van der Waals surface area contributed by atoms with Crippen molar-refractivity contribution in [2.45, 2.75) is 28.4 Å². The van der Waals surface area contributed by atoms with Gasteiger partial charge in [0.25, 0.3) is 0 Å². The van der Waals surface area contributed by atoms with E-state index in [1.54, 1.807) is 13.8 Å². The predicted octanol–water partition coefficient (Wildman–Crippen LogP) is 0.242. The van der Waals surface area contributed by atoms with Gasteiger partial charge in [-0.3, -0.25) is 0 Å². The Balaban J connectivity index is 2.75. The molecule has 0 aromatic carbocycles. The second-order valence-corrected chi connectivity index (χ2v) is 10.0. The maximum absolute atomic E-state index is 12.0. The number of sulfonamides is 1. The monoisotopic (exact) mass is 311 g/mol. The molecule has 0 saturated carbocycles. The van der Waals surface area contributed by atoms with E-state index in [0.717, 1.165) is 6.07 Å². The lowest BCUT2D eigenvalue weighted by Crippen LogP contribution is -2.35. The van der Waals surface area contributed by atoms with Crippen molar-refractivity contribution in [2.75, 3.05) is 5.75 Å². The number of rotatable bonds is 1. The highest BCUT2D eigenvalue weighted by atomic mass is 32.3. The average molecular weight is 311 g/mol. The van der Waals surface area contributed by atoms with Gasteiger partial charge >= 0.3 is 0 Å². The molecule has 2 rings (SSSR count). The number of hydrogen-bond acceptors (Lipinski definition) is 6. The summed E-state index contributed by atoms with van der Waals surface area (Å²) >= 11 is 0.593. The van der Waals surface area contributed by atoms with Crippen LogP contribution in [0.4, 0.5) is 0 Å². The highest BCUT2D eigenvalue weighted by Gasteiger charge is 2.44. The first kappa shape index (κ1) is 13.9. The SMILES string of the molecule is CC1(C)CS(=O)(=O)c2sc(S(N)(=O)=O)cc2C1O. The minimum Gasteiger partial charge on any atom is -0.388 e. The number of hydrogen-bond donors (Lipinski definition) is 2. The number of primary sulfonamides is 1. The van der Waals surface area contributed by atoms with E-state index in [9.17, 15) is 21.9 Å². The molecule has 0 aliphatic carbocycles. The number of nitrogens with two attached hydrogens (primary N) is 1. The van der Waals surface area contributed by atoms with E-state index in [4.69, 9.17) is 5.14 Å². The molecule has 9 heteroatoms. The van der Waals surface area contributed by atoms with Gasteiger partial charge in [-0.1, -0.05) is 13.8 Å². The third kappa shape index (κ3) is 2.10. The normalized spacial score (nSPS) is 25.7. The maximum Gasteiger partial charge on any atom is 0.247 e. The summed E-state index contributed by atoms with van der Waals surface area (Å²) in [6.45, 7) is 3.24. The minimum atomic E-state index is -3.96. The molecular weight excluding hydrogens is 298 g/mol. The van der Waals surface area contributed by atoms with Crippen molar-refractivity contribution >= 4 is 31.2 Å². The van der Waals surface area contributed by atoms with E-state index in [1.165, 1.54) is 0 Å². The lowest BCUT2D eigenvalue weighted by Gasteiger charge is -2.34. The third-order valence-electron chi connectivity index (χ3n) is 2.86. The van der Waals surface area contributed by atoms with Gasteiger partial charge in [-0.05, 0) is 6.07 Å². The van der Waals surface area contributed by atoms with Gasteiger partial charge in [0, 0.05) is 11.0 Å². The van der Waals surface area contributed by atoms with Crippen molar-refractivity contribution in [3.05, 3.63) is 11.6 Å². The Bertz CT molecular complexity index is 699. The van der Waals surface area contributed by atoms with Crippen LogP contribution in [0.5, 0.6) is 0 Å². The van der Waals surface area contributed by atoms with Crippen LogP contribution in [0.15, 0.2) is 14.5 Å². The summed E-state index contributed by atoms with van der Waals surface area (Å²) in [5, 5.41) is 15.1. The largest absolute Gasteiger partial charge is 0.388 e. The standard InChI is InChI=1S/C9H13NO5S3/c1-9(2)4-17(12,13)8-5(7(9)11)3-6(16-8)18(10,14)15/h3,7,11H,4H2,1-2H3,(H2,10,14,15). The Kier molecular flexibility index (Phi) is 2.91. The van der Waals surface area contributed by atoms with Crippen molar-refractivity contribution < 1.29 is 21.9 Å². The quantitative estimate of drug-likeness (QED) is 0.771. The molecule has 6 nitrogen and oxygen atoms in total. The van der Waals surface area contributed by atoms with Gasteiger partial charge in [-0.15, -0.1) is 11.3 Å². The number of aliphatic hydroxyl groups excluding tert-OH is 1. The van der Waals surface area contributed by atoms with Gasteiger partial charge in [0.15, 0.2) is 9.84 Å². The molecule has 1 unspecified atom stereocenters. The van der Waals surface area contributed by atoms with Crippen molar-refractivity contribution in [1.29, 1.82) is 0 Å². The Morgan fingerprint density at radius 2 is 2.06 bits per heavy atom. The molecule has 0 fully saturated rings. The zero-order valence-corrected chi connectivity index (χ0v) is 12.2. The van der Waals surface area contributed by atoms with Crippen LogP contribution in [0, 0.1) is 5.41 Å². The van der Waals surface area contributed by atoms with Gasteiger partial charge in [0.2, 0.25) is 10.0 Å². The van der Waals surface area contributed by atoms with Crippen LogP contribution in [0.3, 0.4) is 0 Å². The number of thiophene rings is 1. The van der Waals surface area contributed by atoms with Crippen LogP contribution in [-0.2, 0) is 19.9 Å². The van der Waals surface area contributed by atoms with Crippen LogP contribution < -0.4 is 5.14 Å². The molecule has 0 saturated heterocycles. The Labute approximate surface area is 109 Å². The zero-order chi connectivity index (χ0) is 13.9. The van der Waals surface area contributed by atoms with E-state index in [1.807, 2.05) is 0 Å². The molecule has 18 heavy (non-hydrogen) atoms. The van der Waals surface area contributed by atoms with Crippen molar-refractivity contribution in [3.8, 4) is 0 Å². The van der Waals surface area contributed by atoms with Crippen LogP contribution in [0.1, 0.15) is 25.5 Å². The fraction of sp³-hybridized carbons (Fsp3) is 0.556. The molecule has 0 bridgehead atoms. The number of sulfone groups is 1. The molecule has 2 heterocycles. The van der Waals surface area contributed by atoms with Gasteiger partial charge in [0.05, 0.1) is 11.9 Å². The van der Waals surface area contributed by atoms with E-state index < -0.39 is 31.4 Å². The van der Waals surface area contributed by atoms with Crippen LogP contribution >= 0.6 is 11.3 Å². The summed E-state index contributed by atoms with van der Waals surface area (Å²) in [5.74, 6) is -0.223. The van der Waals surface area contributed by atoms with E-state index >= 15 is 0 Å². The smallest absolute Gasteiger partial charge is 0.247 e. The van der Waals surface area contributed by atoms with Gasteiger partial charge in [-0.2, -0.15) is 0 Å². The van der Waals surface area contributed by atoms with Crippen LogP contribution in [0.25, 0.3) is 0 Å². The highest BCUT2D eigenvalue weighted by molar-refractivity contribution is 7.95. The molecule has 3 N–H and O–H groups in total. The zero-order valence-electron chi connectivity index (χ0n) is 9.74. The summed E-state index contributed by atoms with van der Waals surface area (Å²) in [6.07, 6.45) is -1.03. The molecule has 1 aromatic heterocycles. The lowest BCUT2D eigenvalue weighted by molar-refractivity contribution is 0.0595. The Morgan fingerprint density at radius 3 is 2.56 bits per heavy atom. The van der Waals surface area contributed by atoms with E-state index in [2.05, 4.69) is 0 Å². The summed E-state index contributed by atoms with van der Waals surface area (Å²) in [7, 11) is -7.55. The number of fused-ring (bicyclic) bond motifs is 1. The minimum absolute atomic E-state index is 0.0987. The van der Waals surface area contributed by atoms with Gasteiger partial charge in [-0.25, -0.2) is 22.0 Å². The molecule has 1 aliphatic rings. The Hall–Kier alpha value is -0.480. The van der Waals surface area contributed by atoms with E-state index in [-0.39, 0.29) is 19.7 Å². The second kappa shape index (κ2) is 3.76. The first-order valence-corrected chi connectivity index (χ1v) is 9.04. The Morgan fingerprint density at radius 1 is 1.50 bits per heavy atom. The van der Waals surface area contributed by atoms with Gasteiger partial charge < -0.3 is 5.11 Å². The fourth-order valence-corrected chi connectivity index (χ4v) is 6.57. The third-order valence-corrected chi connectivity index (χ3v) is 8.16. The molecule has 1 aromatic rings. The van der Waals surface area contributed by atoms with Crippen molar-refractivity contribution in [2.24, 2.45) is 10.6 Å². The number of aliphatic hydroxyl groups is 1. The summed E-state index contributed by atoms with van der Waals surface area (Å²) < 4.78 is 46.2. The molecule has 0 amide bonds. The van der Waals surface area contributed by atoms with Crippen molar-refractivity contribution in [3.63, 3.8) is 0 Å². The molecule has 1 atom stereocenters. The molecular formula is C9H13NO5S3. The topological polar surface area (TPSA) is 115 Å². The second-order valence-electron chi connectivity index (χ2n) is 5.00. The highest BCUT2D eigenvalue weighted by Crippen LogP contribution is 2.47. The molecule has 102 valence electrons. The van der Waals surface area contributed by atoms with Gasteiger partial charge in [0.1, 0.15) is 8.42 Å². The van der Waals surface area contributed by atoms with Crippen LogP contribution in [-0.4, -0.2) is 27.7 Å². The average Bonchev–Trinajstić information content (AvgIpc) is 2.57. The summed E-state index contributed by atoms with van der Waals surface area (Å²) in [5.41, 5.74) is -0.733. The maximum atomic E-state index is 12.0. The summed E-state index contributed by atoms with van der Waals surface area (Å²) in [6, 6.07) is 1.15. The fourth-order valence-electron chi connectivity index (χ4n) is 1.99. The first-order chi connectivity index (χ1) is 7.95. The molecule has 0 radical (unpaired) electrons. The van der Waals surface area contributed by atoms with Crippen LogP contribution in [0.2, 0.25) is 0 Å². The first-order valence-electron chi connectivity index (χ1n) is 5.02. The summed E-state index contributed by atoms with van der Waals surface area (Å²) in [4.78, 5) is 0. The van der Waals surface area contributed by atoms with E-state index in [0.29, 0.717) is 11.3 Å². The molecule has 0 spiro atoms. The van der Waals surface area contributed by atoms with Crippen molar-refractivity contribution in [1.82, 2.24) is 0 Å².